The molecule has 0 spiro atoms. The fourth-order valence-corrected chi connectivity index (χ4v) is 4.59. The molecule has 32 heavy (non-hydrogen) atoms. The van der Waals surface area contributed by atoms with Crippen molar-refractivity contribution in [2.24, 2.45) is 5.10 Å². The number of rotatable bonds is 7. The highest BCUT2D eigenvalue weighted by Gasteiger charge is 2.15. The lowest BCUT2D eigenvalue weighted by Gasteiger charge is -2.10. The number of nitrogens with one attached hydrogen (secondary N) is 1. The standard InChI is InChI=1S/C22H14Br3ClN2O4/c23-15-8-14(21(18(25)9-15)32-22(30)13-4-2-1-3-5-13)11-27-28-20(29)12-31-19-7-6-16(26)10-17(19)24/h1-11H,12H2,(H,28,29)/b27-11+. The summed E-state index contributed by atoms with van der Waals surface area (Å²) in [6.07, 6.45) is 1.37. The zero-order valence-electron chi connectivity index (χ0n) is 16.2. The summed E-state index contributed by atoms with van der Waals surface area (Å²) >= 11 is 16.0. The van der Waals surface area contributed by atoms with Crippen molar-refractivity contribution in [3.63, 3.8) is 0 Å². The van der Waals surface area contributed by atoms with Crippen LogP contribution in [0.4, 0.5) is 0 Å². The van der Waals surface area contributed by atoms with E-state index in [0.29, 0.717) is 30.8 Å². The van der Waals surface area contributed by atoms with E-state index in [2.05, 4.69) is 58.3 Å². The van der Waals surface area contributed by atoms with Crippen LogP contribution in [-0.4, -0.2) is 24.7 Å². The summed E-state index contributed by atoms with van der Waals surface area (Å²) in [6.45, 7) is -0.254. The highest BCUT2D eigenvalue weighted by atomic mass is 79.9. The highest BCUT2D eigenvalue weighted by molar-refractivity contribution is 9.11. The van der Waals surface area contributed by atoms with Gasteiger partial charge >= 0.3 is 5.97 Å². The molecular formula is C22H14Br3ClN2O4. The third-order valence-corrected chi connectivity index (χ3v) is 5.79. The Morgan fingerprint density at radius 2 is 1.75 bits per heavy atom. The predicted octanol–water partition coefficient (Wildman–Crippen LogP) is 6.38. The van der Waals surface area contributed by atoms with Crippen LogP contribution in [-0.2, 0) is 4.79 Å². The van der Waals surface area contributed by atoms with Crippen LogP contribution in [0, 0.1) is 0 Å². The first kappa shape index (κ1) is 24.4. The second-order valence-electron chi connectivity index (χ2n) is 6.22. The number of amides is 1. The van der Waals surface area contributed by atoms with E-state index in [4.69, 9.17) is 21.1 Å². The Morgan fingerprint density at radius 1 is 1.00 bits per heavy atom. The molecule has 0 aliphatic heterocycles. The summed E-state index contributed by atoms with van der Waals surface area (Å²) in [7, 11) is 0. The van der Waals surface area contributed by atoms with Crippen LogP contribution in [0.2, 0.25) is 5.02 Å². The van der Waals surface area contributed by atoms with E-state index >= 15 is 0 Å². The van der Waals surface area contributed by atoms with Crippen LogP contribution in [0.15, 0.2) is 79.2 Å². The maximum absolute atomic E-state index is 12.5. The molecule has 0 saturated heterocycles. The van der Waals surface area contributed by atoms with Gasteiger partial charge in [-0.3, -0.25) is 4.79 Å². The zero-order valence-corrected chi connectivity index (χ0v) is 21.7. The van der Waals surface area contributed by atoms with E-state index in [1.165, 1.54) is 6.21 Å². The molecule has 10 heteroatoms. The Labute approximate surface area is 214 Å². The third kappa shape index (κ3) is 6.90. The number of hydrogen-bond acceptors (Lipinski definition) is 5. The number of halogens is 4. The van der Waals surface area contributed by atoms with Gasteiger partial charge in [0.25, 0.3) is 5.91 Å². The van der Waals surface area contributed by atoms with Crippen molar-refractivity contribution in [1.29, 1.82) is 0 Å². The fraction of sp³-hybridized carbons (Fsp3) is 0.0455. The molecule has 0 radical (unpaired) electrons. The van der Waals surface area contributed by atoms with Gasteiger partial charge in [0.05, 0.1) is 20.7 Å². The van der Waals surface area contributed by atoms with Crippen molar-refractivity contribution in [2.75, 3.05) is 6.61 Å². The van der Waals surface area contributed by atoms with Crippen molar-refractivity contribution in [1.82, 2.24) is 5.43 Å². The van der Waals surface area contributed by atoms with E-state index < -0.39 is 11.9 Å². The highest BCUT2D eigenvalue weighted by Crippen LogP contribution is 2.33. The molecule has 6 nitrogen and oxygen atoms in total. The summed E-state index contributed by atoms with van der Waals surface area (Å²) in [5.41, 5.74) is 3.25. The lowest BCUT2D eigenvalue weighted by molar-refractivity contribution is -0.123. The molecule has 0 aliphatic carbocycles. The van der Waals surface area contributed by atoms with E-state index in [9.17, 15) is 9.59 Å². The largest absolute Gasteiger partial charge is 0.483 e. The number of carbonyl (C=O) groups is 2. The number of hydrazone groups is 1. The molecule has 3 aromatic rings. The quantitative estimate of drug-likeness (QED) is 0.140. The van der Waals surface area contributed by atoms with Gasteiger partial charge in [-0.15, -0.1) is 0 Å². The van der Waals surface area contributed by atoms with Gasteiger partial charge in [0, 0.05) is 15.1 Å². The van der Waals surface area contributed by atoms with Gasteiger partial charge in [-0.1, -0.05) is 45.7 Å². The van der Waals surface area contributed by atoms with Gasteiger partial charge in [0.2, 0.25) is 0 Å². The van der Waals surface area contributed by atoms with Gasteiger partial charge in [0.1, 0.15) is 5.75 Å². The molecular weight excluding hydrogens is 631 g/mol. The van der Waals surface area contributed by atoms with Crippen LogP contribution in [0.5, 0.6) is 11.5 Å². The van der Waals surface area contributed by atoms with Gasteiger partial charge in [-0.2, -0.15) is 5.10 Å². The minimum absolute atomic E-state index is 0.254. The Hall–Kier alpha value is -2.20. The molecule has 0 bridgehead atoms. The van der Waals surface area contributed by atoms with Crippen molar-refractivity contribution in [3.8, 4) is 11.5 Å². The Balaban J connectivity index is 1.66. The van der Waals surface area contributed by atoms with Crippen molar-refractivity contribution in [2.45, 2.75) is 0 Å². The average molecular weight is 646 g/mol. The molecule has 0 saturated carbocycles. The summed E-state index contributed by atoms with van der Waals surface area (Å²) in [6, 6.07) is 17.0. The summed E-state index contributed by atoms with van der Waals surface area (Å²) in [5, 5.41) is 4.49. The first-order valence-electron chi connectivity index (χ1n) is 8.99. The van der Waals surface area contributed by atoms with E-state index in [-0.39, 0.29) is 12.4 Å². The first-order valence-corrected chi connectivity index (χ1v) is 11.7. The minimum Gasteiger partial charge on any atom is -0.483 e. The lowest BCUT2D eigenvalue weighted by atomic mass is 10.2. The minimum atomic E-state index is -0.519. The number of hydrogen-bond donors (Lipinski definition) is 1. The topological polar surface area (TPSA) is 77.0 Å². The molecule has 0 atom stereocenters. The Kier molecular flexibility index (Phi) is 8.86. The van der Waals surface area contributed by atoms with E-state index in [1.54, 1.807) is 54.6 Å². The smallest absolute Gasteiger partial charge is 0.343 e. The molecule has 0 unspecified atom stereocenters. The van der Waals surface area contributed by atoms with Crippen LogP contribution in [0.1, 0.15) is 15.9 Å². The zero-order chi connectivity index (χ0) is 23.1. The number of ether oxygens (including phenoxy) is 2. The molecule has 0 aliphatic rings. The van der Waals surface area contributed by atoms with Crippen LogP contribution >= 0.6 is 59.4 Å². The monoisotopic (exact) mass is 642 g/mol. The van der Waals surface area contributed by atoms with Gasteiger partial charge in [-0.25, -0.2) is 10.2 Å². The lowest BCUT2D eigenvalue weighted by Crippen LogP contribution is -2.24. The van der Waals surface area contributed by atoms with Gasteiger partial charge in [-0.05, 0) is 74.3 Å². The molecule has 1 amide bonds. The molecule has 3 aromatic carbocycles. The second-order valence-corrected chi connectivity index (χ2v) is 9.28. The van der Waals surface area contributed by atoms with Crippen LogP contribution in [0.25, 0.3) is 0 Å². The summed E-state index contributed by atoms with van der Waals surface area (Å²) in [4.78, 5) is 24.5. The predicted molar refractivity (Wildman–Crippen MR) is 134 cm³/mol. The summed E-state index contributed by atoms with van der Waals surface area (Å²) < 4.78 is 12.9. The van der Waals surface area contributed by atoms with Crippen molar-refractivity contribution < 1.29 is 19.1 Å². The van der Waals surface area contributed by atoms with Gasteiger partial charge < -0.3 is 9.47 Å². The Morgan fingerprint density at radius 3 is 2.47 bits per heavy atom. The SMILES string of the molecule is O=C(COc1ccc(Cl)cc1Br)N/N=C/c1cc(Br)cc(Br)c1OC(=O)c1ccccc1. The number of benzene rings is 3. The fourth-order valence-electron chi connectivity index (χ4n) is 2.45. The van der Waals surface area contributed by atoms with Crippen molar-refractivity contribution in [3.05, 3.63) is 90.2 Å². The first-order chi connectivity index (χ1) is 15.3. The van der Waals surface area contributed by atoms with E-state index in [0.717, 1.165) is 4.47 Å². The molecule has 3 rings (SSSR count). The van der Waals surface area contributed by atoms with Gasteiger partial charge in [0.15, 0.2) is 12.4 Å². The number of carbonyl (C=O) groups excluding carboxylic acids is 2. The number of nitrogens with zero attached hydrogens (tertiary/aromatic N) is 1. The Bertz CT molecular complexity index is 1170. The van der Waals surface area contributed by atoms with E-state index in [1.807, 2.05) is 6.07 Å². The maximum Gasteiger partial charge on any atom is 0.343 e. The van der Waals surface area contributed by atoms with Crippen LogP contribution in [0.3, 0.4) is 0 Å². The maximum atomic E-state index is 12.5. The molecule has 0 heterocycles. The number of esters is 1. The average Bonchev–Trinajstić information content (AvgIpc) is 2.76. The van der Waals surface area contributed by atoms with Crippen LogP contribution < -0.4 is 14.9 Å². The molecule has 0 aromatic heterocycles. The normalized spacial score (nSPS) is 10.8. The molecule has 1 N–H and O–H groups in total. The van der Waals surface area contributed by atoms with Crippen molar-refractivity contribution >= 4 is 77.5 Å². The third-order valence-electron chi connectivity index (χ3n) is 3.89. The molecule has 164 valence electrons. The summed E-state index contributed by atoms with van der Waals surface area (Å²) in [5.74, 6) is -0.254. The second kappa shape index (κ2) is 11.6. The molecule has 0 fully saturated rings.